The Bertz CT molecular complexity index is 1230. The summed E-state index contributed by atoms with van der Waals surface area (Å²) in [7, 11) is 1.97. The highest BCUT2D eigenvalue weighted by atomic mass is 19.1. The molecular weight excluding hydrogens is 391 g/mol. The molecule has 2 heterocycles. The average Bonchev–Trinajstić information content (AvgIpc) is 2.75. The summed E-state index contributed by atoms with van der Waals surface area (Å²) in [6.07, 6.45) is 3.45. The Labute approximate surface area is 180 Å². The standard InChI is InChI=1S/C24H23FN6/c1-14-6-4-7-16-11-19(31(3)15(2)20(14)16)12-28-24-21(23(27)29-13-30-24)22(26)17-8-5-9-18(25)10-17/h4-11,13,26H,2,12H2,1,3H3,(H3,27,28,29,30). The monoisotopic (exact) mass is 414 g/mol. The molecule has 0 radical (unpaired) electrons. The van der Waals surface area contributed by atoms with Gasteiger partial charge in [-0.15, -0.1) is 0 Å². The zero-order chi connectivity index (χ0) is 22.1. The maximum Gasteiger partial charge on any atom is 0.141 e. The number of hydrogen-bond acceptors (Lipinski definition) is 6. The van der Waals surface area contributed by atoms with Crippen LogP contribution in [0.3, 0.4) is 0 Å². The molecule has 0 spiro atoms. The second-order valence-corrected chi connectivity index (χ2v) is 7.40. The zero-order valence-electron chi connectivity index (χ0n) is 17.4. The average molecular weight is 414 g/mol. The Morgan fingerprint density at radius 1 is 1.23 bits per heavy atom. The third kappa shape index (κ3) is 3.77. The molecule has 156 valence electrons. The molecule has 0 fully saturated rings. The first-order valence-electron chi connectivity index (χ1n) is 9.79. The predicted octanol–water partition coefficient (Wildman–Crippen LogP) is 4.29. The van der Waals surface area contributed by atoms with Crippen LogP contribution in [0, 0.1) is 18.2 Å². The molecule has 0 saturated carbocycles. The van der Waals surface area contributed by atoms with Crippen LogP contribution in [-0.4, -0.2) is 34.2 Å². The first-order valence-corrected chi connectivity index (χ1v) is 9.79. The number of nitrogens with one attached hydrogen (secondary N) is 2. The fraction of sp³-hybridized carbons (Fsp3) is 0.125. The van der Waals surface area contributed by atoms with Crippen LogP contribution in [0.25, 0.3) is 11.8 Å². The SMILES string of the molecule is C=C1c2c(C)cccc2C=C(CNc2ncnc(N)c2C(=N)c2cccc(F)c2)N1C. The Kier molecular flexibility index (Phi) is 5.25. The second-order valence-electron chi connectivity index (χ2n) is 7.40. The van der Waals surface area contributed by atoms with Crippen molar-refractivity contribution >= 4 is 29.1 Å². The number of aromatic nitrogens is 2. The number of nitrogen functional groups attached to an aromatic ring is 1. The summed E-state index contributed by atoms with van der Waals surface area (Å²) in [6, 6.07) is 12.0. The lowest BCUT2D eigenvalue weighted by atomic mass is 9.94. The first-order chi connectivity index (χ1) is 14.9. The molecule has 1 aliphatic heterocycles. The van der Waals surface area contributed by atoms with Gasteiger partial charge in [0.05, 0.1) is 17.8 Å². The molecule has 0 saturated heterocycles. The summed E-state index contributed by atoms with van der Waals surface area (Å²) in [5.74, 6) is 0.147. The maximum absolute atomic E-state index is 13.7. The van der Waals surface area contributed by atoms with Gasteiger partial charge in [0.25, 0.3) is 0 Å². The van der Waals surface area contributed by atoms with E-state index in [0.29, 0.717) is 23.5 Å². The Morgan fingerprint density at radius 3 is 2.77 bits per heavy atom. The quantitative estimate of drug-likeness (QED) is 0.542. The van der Waals surface area contributed by atoms with Crippen molar-refractivity contribution in [2.24, 2.45) is 0 Å². The number of nitrogens with two attached hydrogens (primary N) is 1. The van der Waals surface area contributed by atoms with Crippen LogP contribution in [0.15, 0.2) is 61.1 Å². The minimum Gasteiger partial charge on any atom is -0.383 e. The van der Waals surface area contributed by atoms with E-state index in [-0.39, 0.29) is 11.5 Å². The third-order valence-electron chi connectivity index (χ3n) is 5.43. The van der Waals surface area contributed by atoms with Gasteiger partial charge in [0.1, 0.15) is 23.8 Å². The number of hydrogen-bond donors (Lipinski definition) is 3. The van der Waals surface area contributed by atoms with Crippen LogP contribution >= 0.6 is 0 Å². The maximum atomic E-state index is 13.7. The number of benzene rings is 2. The minimum absolute atomic E-state index is 0.0523. The van der Waals surface area contributed by atoms with E-state index >= 15 is 0 Å². The number of fused-ring (bicyclic) bond motifs is 1. The van der Waals surface area contributed by atoms with E-state index in [2.05, 4.69) is 47.0 Å². The molecule has 7 heteroatoms. The molecule has 31 heavy (non-hydrogen) atoms. The topological polar surface area (TPSA) is 90.9 Å². The van der Waals surface area contributed by atoms with Gasteiger partial charge in [0.15, 0.2) is 0 Å². The molecular formula is C24H23FN6. The van der Waals surface area contributed by atoms with Gasteiger partial charge in [-0.1, -0.05) is 36.9 Å². The largest absolute Gasteiger partial charge is 0.383 e. The van der Waals surface area contributed by atoms with Crippen LogP contribution in [-0.2, 0) is 0 Å². The van der Waals surface area contributed by atoms with Crippen LogP contribution in [0.1, 0.15) is 27.8 Å². The molecule has 0 bridgehead atoms. The van der Waals surface area contributed by atoms with E-state index in [1.165, 1.54) is 24.0 Å². The smallest absolute Gasteiger partial charge is 0.141 e. The lowest BCUT2D eigenvalue weighted by Crippen LogP contribution is -2.26. The molecule has 0 aliphatic carbocycles. The van der Waals surface area contributed by atoms with Crippen molar-refractivity contribution in [3.8, 4) is 0 Å². The molecule has 0 amide bonds. The van der Waals surface area contributed by atoms with Crippen molar-refractivity contribution in [2.45, 2.75) is 6.92 Å². The fourth-order valence-electron chi connectivity index (χ4n) is 3.73. The predicted molar refractivity (Wildman–Crippen MR) is 123 cm³/mol. The number of anilines is 2. The number of likely N-dealkylation sites (N-methyl/N-ethyl adjacent to an activating group) is 1. The highest BCUT2D eigenvalue weighted by Gasteiger charge is 2.22. The Balaban J connectivity index is 1.65. The fourth-order valence-corrected chi connectivity index (χ4v) is 3.73. The van der Waals surface area contributed by atoms with Gasteiger partial charge >= 0.3 is 0 Å². The molecule has 6 nitrogen and oxygen atoms in total. The number of halogens is 1. The second kappa shape index (κ2) is 8.02. The van der Waals surface area contributed by atoms with Crippen LogP contribution in [0.2, 0.25) is 0 Å². The Hall–Kier alpha value is -4.00. The molecule has 1 aliphatic rings. The van der Waals surface area contributed by atoms with Crippen molar-refractivity contribution in [2.75, 3.05) is 24.6 Å². The highest BCUT2D eigenvalue weighted by molar-refractivity contribution is 6.16. The molecule has 3 aromatic rings. The van der Waals surface area contributed by atoms with Crippen molar-refractivity contribution in [1.82, 2.24) is 14.9 Å². The molecule has 0 unspecified atom stereocenters. The summed E-state index contributed by atoms with van der Waals surface area (Å²) in [5.41, 5.74) is 12.2. The lowest BCUT2D eigenvalue weighted by Gasteiger charge is -2.31. The van der Waals surface area contributed by atoms with Crippen molar-refractivity contribution < 1.29 is 4.39 Å². The van der Waals surface area contributed by atoms with Gasteiger partial charge in [-0.25, -0.2) is 14.4 Å². The minimum atomic E-state index is -0.423. The molecule has 2 aromatic carbocycles. The molecule has 1 aromatic heterocycles. The van der Waals surface area contributed by atoms with Gasteiger partial charge in [0, 0.05) is 29.6 Å². The third-order valence-corrected chi connectivity index (χ3v) is 5.43. The summed E-state index contributed by atoms with van der Waals surface area (Å²) >= 11 is 0. The van der Waals surface area contributed by atoms with Gasteiger partial charge < -0.3 is 16.0 Å². The van der Waals surface area contributed by atoms with E-state index in [0.717, 1.165) is 22.5 Å². The first kappa shape index (κ1) is 20.3. The Morgan fingerprint density at radius 2 is 2.00 bits per heavy atom. The van der Waals surface area contributed by atoms with Crippen molar-refractivity contribution in [3.05, 3.63) is 94.7 Å². The van der Waals surface area contributed by atoms with Gasteiger partial charge in [0.2, 0.25) is 0 Å². The van der Waals surface area contributed by atoms with E-state index < -0.39 is 5.82 Å². The van der Waals surface area contributed by atoms with Gasteiger partial charge in [-0.3, -0.25) is 5.41 Å². The van der Waals surface area contributed by atoms with Crippen molar-refractivity contribution in [1.29, 1.82) is 5.41 Å². The summed E-state index contributed by atoms with van der Waals surface area (Å²) in [6.45, 7) is 6.76. The number of nitrogens with zero attached hydrogens (tertiary/aromatic N) is 3. The van der Waals surface area contributed by atoms with Crippen LogP contribution in [0.5, 0.6) is 0 Å². The van der Waals surface area contributed by atoms with Gasteiger partial charge in [-0.2, -0.15) is 0 Å². The molecule has 0 atom stereocenters. The highest BCUT2D eigenvalue weighted by Crippen LogP contribution is 2.33. The zero-order valence-corrected chi connectivity index (χ0v) is 17.4. The summed E-state index contributed by atoms with van der Waals surface area (Å²) < 4.78 is 13.7. The van der Waals surface area contributed by atoms with Crippen LogP contribution < -0.4 is 11.1 Å². The van der Waals surface area contributed by atoms with Gasteiger partial charge in [-0.05, 0) is 36.3 Å². The van der Waals surface area contributed by atoms with E-state index in [4.69, 9.17) is 11.1 Å². The summed E-state index contributed by atoms with van der Waals surface area (Å²) in [5, 5.41) is 11.8. The number of rotatable bonds is 5. The van der Waals surface area contributed by atoms with Crippen molar-refractivity contribution in [3.63, 3.8) is 0 Å². The lowest BCUT2D eigenvalue weighted by molar-refractivity contribution is 0.589. The van der Waals surface area contributed by atoms with E-state index in [9.17, 15) is 4.39 Å². The normalized spacial score (nSPS) is 12.9. The molecule has 4 rings (SSSR count). The van der Waals surface area contributed by atoms with E-state index in [1.807, 2.05) is 18.0 Å². The number of aryl methyl sites for hydroxylation is 1. The van der Waals surface area contributed by atoms with Crippen LogP contribution in [0.4, 0.5) is 16.0 Å². The van der Waals surface area contributed by atoms with E-state index in [1.54, 1.807) is 12.1 Å². The molecule has 4 N–H and O–H groups in total. The summed E-state index contributed by atoms with van der Waals surface area (Å²) in [4.78, 5) is 10.3.